The molecule has 0 aliphatic carbocycles. The molecule has 0 unspecified atom stereocenters. The Hall–Kier alpha value is -1.97. The number of carbonyl (C=O) groups is 1. The second kappa shape index (κ2) is 4.49. The van der Waals surface area contributed by atoms with Crippen LogP contribution in [0.4, 0.5) is 0 Å². The molecule has 1 heterocycles. The lowest BCUT2D eigenvalue weighted by Gasteiger charge is -2.01. The van der Waals surface area contributed by atoms with E-state index >= 15 is 0 Å². The molecule has 90 valence electrons. The largest absolute Gasteiger partial charge is 0.508 e. The normalized spacial score (nSPS) is 10.7. The average Bonchev–Trinajstić information content (AvgIpc) is 2.64. The maximum atomic E-state index is 11.9. The van der Waals surface area contributed by atoms with Crippen molar-refractivity contribution in [2.75, 3.05) is 6.54 Å². The van der Waals surface area contributed by atoms with Gasteiger partial charge in [-0.25, -0.2) is 0 Å². The van der Waals surface area contributed by atoms with E-state index in [9.17, 15) is 9.90 Å². The van der Waals surface area contributed by atoms with Crippen LogP contribution in [0.15, 0.2) is 18.2 Å². The van der Waals surface area contributed by atoms with Crippen molar-refractivity contribution >= 4 is 16.8 Å². The Balaban J connectivity index is 2.42. The second-order valence-electron chi connectivity index (χ2n) is 4.11. The summed E-state index contributed by atoms with van der Waals surface area (Å²) in [5.41, 5.74) is 2.30. The molecule has 2 rings (SSSR count). The zero-order chi connectivity index (χ0) is 12.4. The fourth-order valence-electron chi connectivity index (χ4n) is 1.87. The topological polar surface area (TPSA) is 65.1 Å². The summed E-state index contributed by atoms with van der Waals surface area (Å²) in [4.78, 5) is 15.0. The van der Waals surface area contributed by atoms with Crippen LogP contribution in [0, 0.1) is 6.92 Å². The number of nitrogens with one attached hydrogen (secondary N) is 2. The Morgan fingerprint density at radius 2 is 2.24 bits per heavy atom. The standard InChI is InChI=1S/C13H16N2O2/c1-3-6-14-13(17)12-8(2)10-7-9(16)4-5-11(10)15-12/h4-5,7,15-16H,3,6H2,1-2H3,(H,14,17). The Kier molecular flexibility index (Phi) is 3.04. The summed E-state index contributed by atoms with van der Waals surface area (Å²) in [5.74, 6) is 0.111. The highest BCUT2D eigenvalue weighted by atomic mass is 16.3. The molecule has 3 N–H and O–H groups in total. The molecule has 0 atom stereocenters. The van der Waals surface area contributed by atoms with Gasteiger partial charge in [0.1, 0.15) is 11.4 Å². The highest BCUT2D eigenvalue weighted by molar-refractivity contribution is 6.01. The van der Waals surface area contributed by atoms with Crippen molar-refractivity contribution < 1.29 is 9.90 Å². The molecule has 0 aliphatic rings. The predicted molar refractivity (Wildman–Crippen MR) is 67.3 cm³/mol. The van der Waals surface area contributed by atoms with Crippen LogP contribution in [0.2, 0.25) is 0 Å². The number of fused-ring (bicyclic) bond motifs is 1. The second-order valence-corrected chi connectivity index (χ2v) is 4.11. The smallest absolute Gasteiger partial charge is 0.268 e. The van der Waals surface area contributed by atoms with Gasteiger partial charge in [0.25, 0.3) is 5.91 Å². The Labute approximate surface area is 99.7 Å². The number of phenols is 1. The summed E-state index contributed by atoms with van der Waals surface area (Å²) >= 11 is 0. The Morgan fingerprint density at radius 1 is 1.47 bits per heavy atom. The van der Waals surface area contributed by atoms with Crippen molar-refractivity contribution in [1.29, 1.82) is 0 Å². The summed E-state index contributed by atoms with van der Waals surface area (Å²) in [6, 6.07) is 5.04. The fourth-order valence-corrected chi connectivity index (χ4v) is 1.87. The molecule has 0 saturated carbocycles. The van der Waals surface area contributed by atoms with Gasteiger partial charge < -0.3 is 15.4 Å². The fraction of sp³-hybridized carbons (Fsp3) is 0.308. The minimum atomic E-state index is -0.0972. The third kappa shape index (κ3) is 2.11. The van der Waals surface area contributed by atoms with Crippen LogP contribution >= 0.6 is 0 Å². The quantitative estimate of drug-likeness (QED) is 0.760. The Bertz CT molecular complexity index is 558. The highest BCUT2D eigenvalue weighted by Crippen LogP contribution is 2.25. The van der Waals surface area contributed by atoms with Gasteiger partial charge in [0.2, 0.25) is 0 Å². The average molecular weight is 232 g/mol. The SMILES string of the molecule is CCCNC(=O)c1[nH]c2ccc(O)cc2c1C. The van der Waals surface area contributed by atoms with E-state index in [1.54, 1.807) is 18.2 Å². The first-order chi connectivity index (χ1) is 8.13. The molecule has 1 aromatic carbocycles. The van der Waals surface area contributed by atoms with Gasteiger partial charge in [-0.15, -0.1) is 0 Å². The van der Waals surface area contributed by atoms with Crippen molar-refractivity contribution in [2.24, 2.45) is 0 Å². The first-order valence-electron chi connectivity index (χ1n) is 5.73. The molecule has 0 radical (unpaired) electrons. The minimum Gasteiger partial charge on any atom is -0.508 e. The third-order valence-corrected chi connectivity index (χ3v) is 2.80. The minimum absolute atomic E-state index is 0.0972. The number of benzene rings is 1. The van der Waals surface area contributed by atoms with Gasteiger partial charge in [-0.1, -0.05) is 6.92 Å². The molecule has 0 spiro atoms. The van der Waals surface area contributed by atoms with Gasteiger partial charge in [-0.05, 0) is 37.1 Å². The van der Waals surface area contributed by atoms with E-state index in [1.165, 1.54) is 0 Å². The molecule has 0 fully saturated rings. The van der Waals surface area contributed by atoms with Gasteiger partial charge in [0, 0.05) is 17.4 Å². The summed E-state index contributed by atoms with van der Waals surface area (Å²) in [7, 11) is 0. The number of aromatic hydroxyl groups is 1. The molecular weight excluding hydrogens is 216 g/mol. The van der Waals surface area contributed by atoms with Gasteiger partial charge in [0.05, 0.1) is 0 Å². The number of aryl methyl sites for hydroxylation is 1. The molecule has 0 aliphatic heterocycles. The lowest BCUT2D eigenvalue weighted by atomic mass is 10.1. The van der Waals surface area contributed by atoms with E-state index < -0.39 is 0 Å². The van der Waals surface area contributed by atoms with Crippen LogP contribution in [-0.2, 0) is 0 Å². The number of aromatic amines is 1. The van der Waals surface area contributed by atoms with Crippen LogP contribution < -0.4 is 5.32 Å². The van der Waals surface area contributed by atoms with Gasteiger partial charge in [-0.3, -0.25) is 4.79 Å². The van der Waals surface area contributed by atoms with E-state index in [2.05, 4.69) is 10.3 Å². The number of H-pyrrole nitrogens is 1. The zero-order valence-corrected chi connectivity index (χ0v) is 10.0. The van der Waals surface area contributed by atoms with Crippen LogP contribution in [0.25, 0.3) is 10.9 Å². The molecule has 1 amide bonds. The van der Waals surface area contributed by atoms with Gasteiger partial charge in [-0.2, -0.15) is 0 Å². The lowest BCUT2D eigenvalue weighted by molar-refractivity contribution is 0.0949. The van der Waals surface area contributed by atoms with E-state index in [0.717, 1.165) is 22.9 Å². The molecular formula is C13H16N2O2. The van der Waals surface area contributed by atoms with Crippen molar-refractivity contribution in [2.45, 2.75) is 20.3 Å². The number of hydrogen-bond donors (Lipinski definition) is 3. The monoisotopic (exact) mass is 232 g/mol. The molecule has 4 heteroatoms. The molecule has 2 aromatic rings. The number of amides is 1. The highest BCUT2D eigenvalue weighted by Gasteiger charge is 2.14. The summed E-state index contributed by atoms with van der Waals surface area (Å²) < 4.78 is 0. The number of carbonyl (C=O) groups excluding carboxylic acids is 1. The molecule has 0 saturated heterocycles. The van der Waals surface area contributed by atoms with Crippen molar-refractivity contribution in [1.82, 2.24) is 10.3 Å². The molecule has 17 heavy (non-hydrogen) atoms. The maximum Gasteiger partial charge on any atom is 0.268 e. The first-order valence-corrected chi connectivity index (χ1v) is 5.73. The van der Waals surface area contributed by atoms with Crippen molar-refractivity contribution in [3.63, 3.8) is 0 Å². The Morgan fingerprint density at radius 3 is 2.94 bits per heavy atom. The van der Waals surface area contributed by atoms with Crippen LogP contribution in [-0.4, -0.2) is 22.5 Å². The zero-order valence-electron chi connectivity index (χ0n) is 10.0. The maximum absolute atomic E-state index is 11.9. The van der Waals surface area contributed by atoms with Gasteiger partial charge in [0.15, 0.2) is 0 Å². The van der Waals surface area contributed by atoms with Crippen LogP contribution in [0.1, 0.15) is 29.4 Å². The number of hydrogen-bond acceptors (Lipinski definition) is 2. The van der Waals surface area contributed by atoms with E-state index in [4.69, 9.17) is 0 Å². The number of aromatic nitrogens is 1. The number of phenolic OH excluding ortho intramolecular Hbond substituents is 1. The third-order valence-electron chi connectivity index (χ3n) is 2.80. The molecule has 1 aromatic heterocycles. The van der Waals surface area contributed by atoms with E-state index in [0.29, 0.717) is 12.2 Å². The van der Waals surface area contributed by atoms with E-state index in [-0.39, 0.29) is 11.7 Å². The first kappa shape index (κ1) is 11.5. The summed E-state index contributed by atoms with van der Waals surface area (Å²) in [5, 5.41) is 13.1. The van der Waals surface area contributed by atoms with Gasteiger partial charge >= 0.3 is 0 Å². The van der Waals surface area contributed by atoms with Crippen LogP contribution in [0.3, 0.4) is 0 Å². The predicted octanol–water partition coefficient (Wildman–Crippen LogP) is 2.32. The summed E-state index contributed by atoms with van der Waals surface area (Å²) in [6.45, 7) is 4.55. The van der Waals surface area contributed by atoms with Crippen molar-refractivity contribution in [3.05, 3.63) is 29.5 Å². The summed E-state index contributed by atoms with van der Waals surface area (Å²) in [6.07, 6.45) is 0.909. The molecule has 4 nitrogen and oxygen atoms in total. The van der Waals surface area contributed by atoms with Crippen LogP contribution in [0.5, 0.6) is 5.75 Å². The number of rotatable bonds is 3. The van der Waals surface area contributed by atoms with Crippen molar-refractivity contribution in [3.8, 4) is 5.75 Å². The lowest BCUT2D eigenvalue weighted by Crippen LogP contribution is -2.24. The van der Waals surface area contributed by atoms with E-state index in [1.807, 2.05) is 13.8 Å². The molecule has 0 bridgehead atoms.